The third-order valence-electron chi connectivity index (χ3n) is 0.556. The van der Waals surface area contributed by atoms with Gasteiger partial charge in [0.2, 0.25) is 0 Å². The summed E-state index contributed by atoms with van der Waals surface area (Å²) in [5, 5.41) is 0. The van der Waals surface area contributed by atoms with Crippen LogP contribution in [-0.2, 0) is 25.8 Å². The summed E-state index contributed by atoms with van der Waals surface area (Å²) in [4.78, 5) is 0. The van der Waals surface area contributed by atoms with Crippen LogP contribution >= 0.6 is 0 Å². The van der Waals surface area contributed by atoms with Gasteiger partial charge in [0.25, 0.3) is 0 Å². The van der Waals surface area contributed by atoms with Crippen LogP contribution in [0.15, 0.2) is 30.3 Å². The maximum absolute atomic E-state index is 3.49. The number of hydrogen-bond acceptors (Lipinski definition) is 0. The molecule has 0 saturated carbocycles. The van der Waals surface area contributed by atoms with Crippen molar-refractivity contribution in [2.45, 2.75) is 26.7 Å². The third-order valence-corrected chi connectivity index (χ3v) is 0.556. The molecule has 0 aromatic heterocycles. The predicted molar refractivity (Wildman–Crippen MR) is 53.3 cm³/mol. The molecule has 0 radical (unpaired) electrons. The second-order valence-electron chi connectivity index (χ2n) is 1.96. The van der Waals surface area contributed by atoms with E-state index in [4.69, 9.17) is 0 Å². The van der Waals surface area contributed by atoms with Gasteiger partial charge in [0, 0.05) is 25.8 Å². The molecular weight excluding hydrogens is 311 g/mol. The van der Waals surface area contributed by atoms with Crippen molar-refractivity contribution >= 4 is 0 Å². The minimum atomic E-state index is 0. The van der Waals surface area contributed by atoms with Gasteiger partial charge < -0.3 is 13.8 Å². The fourth-order valence-corrected chi connectivity index (χ4v) is 0.321. The Kier molecular flexibility index (Phi) is 33.9. The van der Waals surface area contributed by atoms with Gasteiger partial charge in [-0.3, -0.25) is 0 Å². The minimum Gasteiger partial charge on any atom is -0.344 e. The smallest absolute Gasteiger partial charge is 0 e. The maximum Gasteiger partial charge on any atom is 0 e. The van der Waals surface area contributed by atoms with Crippen molar-refractivity contribution in [2.24, 2.45) is 0 Å². The molecule has 12 heavy (non-hydrogen) atoms. The van der Waals surface area contributed by atoms with Crippen molar-refractivity contribution in [1.82, 2.24) is 0 Å². The van der Waals surface area contributed by atoms with Crippen LogP contribution in [0, 0.1) is 13.8 Å². The molecular formula is C11H19Hf-3. The number of hydrogen-bond donors (Lipinski definition) is 0. The molecule has 0 N–H and O–H groups in total. The minimum absolute atomic E-state index is 0. The van der Waals surface area contributed by atoms with Crippen molar-refractivity contribution in [3.8, 4) is 0 Å². The molecule has 0 amide bonds. The second-order valence-corrected chi connectivity index (χ2v) is 1.96. The van der Waals surface area contributed by atoms with Crippen molar-refractivity contribution in [2.75, 3.05) is 0 Å². The van der Waals surface area contributed by atoms with Gasteiger partial charge >= 0.3 is 0 Å². The first-order valence-electron chi connectivity index (χ1n) is 4.08. The molecule has 0 bridgehead atoms. The van der Waals surface area contributed by atoms with E-state index >= 15 is 0 Å². The summed E-state index contributed by atoms with van der Waals surface area (Å²) in [5.41, 5.74) is 0. The van der Waals surface area contributed by atoms with Gasteiger partial charge in [0.1, 0.15) is 0 Å². The third kappa shape index (κ3) is 31.9. The van der Waals surface area contributed by atoms with Crippen molar-refractivity contribution in [3.05, 3.63) is 44.2 Å². The van der Waals surface area contributed by atoms with Gasteiger partial charge in [-0.15, -0.1) is 0 Å². The van der Waals surface area contributed by atoms with E-state index in [2.05, 4.69) is 13.8 Å². The van der Waals surface area contributed by atoms with Crippen molar-refractivity contribution in [3.63, 3.8) is 0 Å². The summed E-state index contributed by atoms with van der Waals surface area (Å²) in [6.45, 7) is 11.0. The van der Waals surface area contributed by atoms with Crippen LogP contribution in [0.2, 0.25) is 0 Å². The molecule has 70 valence electrons. The van der Waals surface area contributed by atoms with E-state index in [0.717, 1.165) is 12.8 Å². The van der Waals surface area contributed by atoms with Gasteiger partial charge in [0.15, 0.2) is 0 Å². The van der Waals surface area contributed by atoms with Gasteiger partial charge in [-0.2, -0.15) is 31.0 Å². The normalized spacial score (nSPS) is 6.33. The van der Waals surface area contributed by atoms with E-state index in [-0.39, 0.29) is 25.8 Å². The Bertz CT molecular complexity index is 80.5. The largest absolute Gasteiger partial charge is 0.344 e. The Hall–Kier alpha value is 0.220. The van der Waals surface area contributed by atoms with E-state index in [1.807, 2.05) is 44.2 Å². The first-order valence-corrected chi connectivity index (χ1v) is 4.08. The fraction of sp³-hybridized carbons (Fsp3) is 0.364. The van der Waals surface area contributed by atoms with E-state index in [0.29, 0.717) is 0 Å². The van der Waals surface area contributed by atoms with Crippen LogP contribution in [0.25, 0.3) is 0 Å². The summed E-state index contributed by atoms with van der Waals surface area (Å²) in [6, 6.07) is 10.0. The molecule has 1 aromatic carbocycles. The number of rotatable bonds is 0. The summed E-state index contributed by atoms with van der Waals surface area (Å²) in [7, 11) is 0. The van der Waals surface area contributed by atoms with Crippen LogP contribution in [0.5, 0.6) is 0 Å². The van der Waals surface area contributed by atoms with E-state index in [1.54, 1.807) is 0 Å². The molecule has 0 unspecified atom stereocenters. The average molecular weight is 330 g/mol. The molecule has 0 fully saturated rings. The molecule has 1 rings (SSSR count). The fourth-order valence-electron chi connectivity index (χ4n) is 0.321. The van der Waals surface area contributed by atoms with Crippen LogP contribution in [-0.4, -0.2) is 0 Å². The molecule has 0 aliphatic carbocycles. The first kappa shape index (κ1) is 18.1. The Labute approximate surface area is 96.5 Å². The zero-order chi connectivity index (χ0) is 8.95. The van der Waals surface area contributed by atoms with E-state index in [9.17, 15) is 0 Å². The van der Waals surface area contributed by atoms with Crippen LogP contribution in [0.4, 0.5) is 0 Å². The topological polar surface area (TPSA) is 0 Å². The molecule has 0 heterocycles. The Morgan fingerprint density at radius 2 is 1.25 bits per heavy atom. The van der Waals surface area contributed by atoms with Crippen LogP contribution in [0.1, 0.15) is 26.7 Å². The molecule has 0 aliphatic heterocycles. The maximum atomic E-state index is 3.49. The Morgan fingerprint density at radius 3 is 1.33 bits per heavy atom. The summed E-state index contributed by atoms with van der Waals surface area (Å²) < 4.78 is 0. The quantitative estimate of drug-likeness (QED) is 0.501. The first-order chi connectivity index (χ1) is 5.33. The summed E-state index contributed by atoms with van der Waals surface area (Å²) in [6.07, 6.45) is 2.00. The Morgan fingerprint density at radius 1 is 1.00 bits per heavy atom. The van der Waals surface area contributed by atoms with Crippen molar-refractivity contribution < 1.29 is 25.8 Å². The standard InChI is InChI=1S/C5H5.2C3H7.Hf/c1-2-4-5-3-1;2*1-3-2;/h1-5H;2*1,3H2,2H3;/q3*-1;. The zero-order valence-corrected chi connectivity index (χ0v) is 11.8. The summed E-state index contributed by atoms with van der Waals surface area (Å²) >= 11 is 0. The molecule has 0 nitrogen and oxygen atoms in total. The van der Waals surface area contributed by atoms with Crippen molar-refractivity contribution in [1.29, 1.82) is 0 Å². The van der Waals surface area contributed by atoms with Gasteiger partial charge in [-0.1, -0.05) is 13.8 Å². The predicted octanol–water partition coefficient (Wildman–Crippen LogP) is 3.86. The Balaban J connectivity index is -0.000000104. The van der Waals surface area contributed by atoms with Crippen LogP contribution < -0.4 is 0 Å². The van der Waals surface area contributed by atoms with E-state index < -0.39 is 0 Å². The molecule has 0 aliphatic rings. The second kappa shape index (κ2) is 22.5. The molecule has 1 aromatic rings. The van der Waals surface area contributed by atoms with Gasteiger partial charge in [-0.05, 0) is 0 Å². The zero-order valence-electron chi connectivity index (χ0n) is 8.22. The molecule has 0 spiro atoms. The van der Waals surface area contributed by atoms with E-state index in [1.165, 1.54) is 0 Å². The van der Waals surface area contributed by atoms with Crippen LogP contribution in [0.3, 0.4) is 0 Å². The SMILES string of the molecule is [CH2-]CC.[CH2-]CC.[Hf].c1cc[cH-]c1. The van der Waals surface area contributed by atoms with Gasteiger partial charge in [0.05, 0.1) is 0 Å². The monoisotopic (exact) mass is 331 g/mol. The molecule has 0 saturated heterocycles. The molecule has 1 heteroatoms. The average Bonchev–Trinajstić information content (AvgIpc) is 2.44. The molecule has 0 atom stereocenters. The van der Waals surface area contributed by atoms with Gasteiger partial charge in [-0.25, -0.2) is 12.1 Å². The summed E-state index contributed by atoms with van der Waals surface area (Å²) in [5.74, 6) is 0.